The lowest BCUT2D eigenvalue weighted by Gasteiger charge is -2.14. The summed E-state index contributed by atoms with van der Waals surface area (Å²) in [7, 11) is 1.39. The summed E-state index contributed by atoms with van der Waals surface area (Å²) in [5, 5.41) is 10.6. The molecule has 0 unspecified atom stereocenters. The first-order valence-electron chi connectivity index (χ1n) is 9.81. The summed E-state index contributed by atoms with van der Waals surface area (Å²) < 4.78 is 10.4. The van der Waals surface area contributed by atoms with Crippen LogP contribution in [0.25, 0.3) is 16.8 Å². The number of aliphatic carboxylic acids is 1. The van der Waals surface area contributed by atoms with Gasteiger partial charge in [0, 0.05) is 0 Å². The van der Waals surface area contributed by atoms with Crippen molar-refractivity contribution in [3.8, 4) is 11.5 Å². The molecule has 1 fully saturated rings. The molecule has 1 N–H and O–H groups in total. The van der Waals surface area contributed by atoms with Crippen molar-refractivity contribution in [1.29, 1.82) is 0 Å². The van der Waals surface area contributed by atoms with E-state index < -0.39 is 18.5 Å². The van der Waals surface area contributed by atoms with Crippen LogP contribution in [0.4, 0.5) is 4.79 Å². The molecule has 4 rings (SSSR count). The van der Waals surface area contributed by atoms with Gasteiger partial charge in [-0.15, -0.1) is 0 Å². The number of hydrogen-bond donors (Lipinski definition) is 1. The van der Waals surface area contributed by atoms with Crippen LogP contribution in [0.2, 0.25) is 5.02 Å². The van der Waals surface area contributed by atoms with E-state index in [9.17, 15) is 14.4 Å². The molecule has 0 aromatic heterocycles. The Morgan fingerprint density at radius 3 is 2.67 bits per heavy atom. The molecule has 0 radical (unpaired) electrons. The van der Waals surface area contributed by atoms with E-state index in [-0.39, 0.29) is 33.2 Å². The number of ether oxygens (including phenoxy) is 2. The van der Waals surface area contributed by atoms with E-state index in [0.29, 0.717) is 5.56 Å². The highest BCUT2D eigenvalue weighted by molar-refractivity contribution is 8.18. The van der Waals surface area contributed by atoms with Gasteiger partial charge in [-0.1, -0.05) is 54.1 Å². The number of rotatable bonds is 7. The number of carbonyl (C=O) groups is 3. The van der Waals surface area contributed by atoms with Gasteiger partial charge in [-0.05, 0) is 51.9 Å². The molecule has 0 saturated carbocycles. The number of amides is 2. The van der Waals surface area contributed by atoms with Crippen LogP contribution >= 0.6 is 23.4 Å². The molecule has 7 nitrogen and oxygen atoms in total. The van der Waals surface area contributed by atoms with E-state index in [1.807, 2.05) is 42.5 Å². The summed E-state index contributed by atoms with van der Waals surface area (Å²) in [5.41, 5.74) is 1.39. The standard InChI is InChI=1S/C24H18ClNO6S/c1-31-19-10-14(9-18(25)22(19)32-13-21(27)28)11-20-23(29)26(24(30)33-20)12-16-7-4-6-15-5-2-3-8-17(15)16/h2-11H,12-13H2,1H3,(H,27,28)/b20-11+. The molecular weight excluding hydrogens is 466 g/mol. The molecule has 33 heavy (non-hydrogen) atoms. The Hall–Kier alpha value is -3.49. The molecule has 1 saturated heterocycles. The molecule has 0 spiro atoms. The lowest BCUT2D eigenvalue weighted by Crippen LogP contribution is -2.27. The summed E-state index contributed by atoms with van der Waals surface area (Å²) in [6.45, 7) is -0.419. The number of thioether (sulfide) groups is 1. The molecule has 3 aromatic rings. The summed E-state index contributed by atoms with van der Waals surface area (Å²) in [6, 6.07) is 16.6. The Labute approximate surface area is 198 Å². The predicted octanol–water partition coefficient (Wildman–Crippen LogP) is 5.20. The molecule has 1 aliphatic heterocycles. The minimum Gasteiger partial charge on any atom is -0.493 e. The quantitative estimate of drug-likeness (QED) is 0.461. The second kappa shape index (κ2) is 9.56. The zero-order chi connectivity index (χ0) is 23.5. The fourth-order valence-corrected chi connectivity index (χ4v) is 4.60. The molecule has 0 bridgehead atoms. The first-order chi connectivity index (χ1) is 15.9. The van der Waals surface area contributed by atoms with Gasteiger partial charge in [0.2, 0.25) is 0 Å². The Balaban J connectivity index is 1.60. The van der Waals surface area contributed by atoms with Gasteiger partial charge in [-0.3, -0.25) is 14.5 Å². The first kappa shape index (κ1) is 22.7. The number of halogens is 1. The first-order valence-corrected chi connectivity index (χ1v) is 11.0. The van der Waals surface area contributed by atoms with Crippen LogP contribution in [0.1, 0.15) is 11.1 Å². The van der Waals surface area contributed by atoms with Gasteiger partial charge in [0.1, 0.15) is 0 Å². The van der Waals surface area contributed by atoms with Crippen LogP contribution in [0.15, 0.2) is 59.5 Å². The van der Waals surface area contributed by atoms with E-state index in [4.69, 9.17) is 26.2 Å². The minimum atomic E-state index is -1.16. The van der Waals surface area contributed by atoms with E-state index in [0.717, 1.165) is 28.1 Å². The van der Waals surface area contributed by atoms with Crippen LogP contribution in [0, 0.1) is 0 Å². The molecule has 0 atom stereocenters. The largest absolute Gasteiger partial charge is 0.493 e. The van der Waals surface area contributed by atoms with Crippen molar-refractivity contribution < 1.29 is 29.0 Å². The van der Waals surface area contributed by atoms with Gasteiger partial charge in [0.25, 0.3) is 11.1 Å². The Morgan fingerprint density at radius 1 is 1.15 bits per heavy atom. The Kier molecular flexibility index (Phi) is 6.57. The highest BCUT2D eigenvalue weighted by Gasteiger charge is 2.35. The molecular formula is C24H18ClNO6S. The number of carbonyl (C=O) groups excluding carboxylic acids is 2. The summed E-state index contributed by atoms with van der Waals surface area (Å²) in [4.78, 5) is 37.9. The number of fused-ring (bicyclic) bond motifs is 1. The maximum atomic E-state index is 13.0. The second-order valence-corrected chi connectivity index (χ2v) is 8.52. The van der Waals surface area contributed by atoms with Crippen molar-refractivity contribution in [3.05, 3.63) is 75.7 Å². The number of benzene rings is 3. The van der Waals surface area contributed by atoms with Gasteiger partial charge < -0.3 is 14.6 Å². The fourth-order valence-electron chi connectivity index (χ4n) is 3.49. The van der Waals surface area contributed by atoms with E-state index in [2.05, 4.69) is 0 Å². The van der Waals surface area contributed by atoms with Crippen LogP contribution in [-0.4, -0.2) is 40.8 Å². The van der Waals surface area contributed by atoms with Gasteiger partial charge in [-0.25, -0.2) is 4.79 Å². The topological polar surface area (TPSA) is 93.1 Å². The van der Waals surface area contributed by atoms with Crippen LogP contribution in [0.3, 0.4) is 0 Å². The third kappa shape index (κ3) is 4.81. The monoisotopic (exact) mass is 483 g/mol. The molecule has 9 heteroatoms. The van der Waals surface area contributed by atoms with Crippen LogP contribution < -0.4 is 9.47 Å². The van der Waals surface area contributed by atoms with E-state index in [1.54, 1.807) is 12.1 Å². The van der Waals surface area contributed by atoms with Gasteiger partial charge in [0.05, 0.1) is 23.6 Å². The lowest BCUT2D eigenvalue weighted by atomic mass is 10.0. The smallest absolute Gasteiger partial charge is 0.341 e. The maximum Gasteiger partial charge on any atom is 0.341 e. The molecule has 2 amide bonds. The zero-order valence-corrected chi connectivity index (χ0v) is 19.0. The third-order valence-electron chi connectivity index (χ3n) is 4.97. The predicted molar refractivity (Wildman–Crippen MR) is 127 cm³/mol. The normalized spacial score (nSPS) is 14.8. The highest BCUT2D eigenvalue weighted by Crippen LogP contribution is 2.39. The van der Waals surface area contributed by atoms with Crippen molar-refractivity contribution in [3.63, 3.8) is 0 Å². The maximum absolute atomic E-state index is 13.0. The summed E-state index contributed by atoms with van der Waals surface area (Å²) in [6.07, 6.45) is 1.55. The summed E-state index contributed by atoms with van der Waals surface area (Å²) in [5.74, 6) is -1.26. The number of nitrogens with zero attached hydrogens (tertiary/aromatic N) is 1. The van der Waals surface area contributed by atoms with Crippen molar-refractivity contribution in [2.24, 2.45) is 0 Å². The third-order valence-corrected chi connectivity index (χ3v) is 6.16. The number of methoxy groups -OCH3 is 1. The fraction of sp³-hybridized carbons (Fsp3) is 0.125. The van der Waals surface area contributed by atoms with Gasteiger partial charge in [0.15, 0.2) is 18.1 Å². The Morgan fingerprint density at radius 2 is 1.91 bits per heavy atom. The van der Waals surface area contributed by atoms with Crippen molar-refractivity contribution in [1.82, 2.24) is 4.90 Å². The summed E-state index contributed by atoms with van der Waals surface area (Å²) >= 11 is 7.09. The average molecular weight is 484 g/mol. The number of imide groups is 1. The van der Waals surface area contributed by atoms with Crippen molar-refractivity contribution in [2.45, 2.75) is 6.54 Å². The Bertz CT molecular complexity index is 1300. The number of carboxylic acid groups (broad SMARTS) is 1. The van der Waals surface area contributed by atoms with Crippen molar-refractivity contribution in [2.75, 3.05) is 13.7 Å². The minimum absolute atomic E-state index is 0.0859. The van der Waals surface area contributed by atoms with Crippen LogP contribution in [0.5, 0.6) is 11.5 Å². The SMILES string of the molecule is COc1cc(/C=C2/SC(=O)N(Cc3cccc4ccccc34)C2=O)cc(Cl)c1OCC(=O)O. The zero-order valence-electron chi connectivity index (χ0n) is 17.4. The number of carboxylic acids is 1. The van der Waals surface area contributed by atoms with Gasteiger partial charge in [-0.2, -0.15) is 0 Å². The highest BCUT2D eigenvalue weighted by atomic mass is 35.5. The second-order valence-electron chi connectivity index (χ2n) is 7.12. The van der Waals surface area contributed by atoms with Crippen molar-refractivity contribution >= 4 is 57.3 Å². The lowest BCUT2D eigenvalue weighted by molar-refractivity contribution is -0.139. The average Bonchev–Trinajstić information content (AvgIpc) is 3.05. The molecule has 1 heterocycles. The molecule has 3 aromatic carbocycles. The molecule has 168 valence electrons. The van der Waals surface area contributed by atoms with Crippen LogP contribution in [-0.2, 0) is 16.1 Å². The van der Waals surface area contributed by atoms with Gasteiger partial charge >= 0.3 is 5.97 Å². The van der Waals surface area contributed by atoms with E-state index >= 15 is 0 Å². The molecule has 1 aliphatic rings. The van der Waals surface area contributed by atoms with E-state index in [1.165, 1.54) is 18.1 Å². The molecule has 0 aliphatic carbocycles. The number of hydrogen-bond acceptors (Lipinski definition) is 6.